The van der Waals surface area contributed by atoms with Crippen molar-refractivity contribution in [2.75, 3.05) is 31.2 Å². The van der Waals surface area contributed by atoms with E-state index in [4.69, 9.17) is 9.15 Å². The Kier molecular flexibility index (Phi) is 4.16. The first kappa shape index (κ1) is 13.6. The van der Waals surface area contributed by atoms with Crippen LogP contribution in [-0.4, -0.2) is 37.2 Å². The number of anilines is 1. The van der Waals surface area contributed by atoms with Crippen molar-refractivity contribution in [3.8, 4) is 0 Å². The second-order valence-electron chi connectivity index (χ2n) is 4.76. The fourth-order valence-electron chi connectivity index (χ4n) is 2.23. The van der Waals surface area contributed by atoms with E-state index in [1.165, 1.54) is 0 Å². The van der Waals surface area contributed by atoms with Crippen LogP contribution < -0.4 is 10.2 Å². The summed E-state index contributed by atoms with van der Waals surface area (Å²) in [6.07, 6.45) is 3.24. The van der Waals surface area contributed by atoms with Gasteiger partial charge in [-0.15, -0.1) is 0 Å². The number of morpholine rings is 1. The van der Waals surface area contributed by atoms with Crippen LogP contribution in [0.15, 0.2) is 41.1 Å². The van der Waals surface area contributed by atoms with Crippen LogP contribution in [0.4, 0.5) is 5.69 Å². The average molecular weight is 287 g/mol. The standard InChI is InChI=1S/C15H17N3O3/c19-15(17-11-13-2-1-7-21-13)14-10-12(3-4-16-14)18-5-8-20-9-6-18/h1-4,7,10H,5-6,8-9,11H2,(H,17,19). The molecule has 2 aromatic heterocycles. The molecular formula is C15H17N3O3. The van der Waals surface area contributed by atoms with E-state index in [2.05, 4.69) is 15.2 Å². The quantitative estimate of drug-likeness (QED) is 0.921. The third kappa shape index (κ3) is 3.41. The summed E-state index contributed by atoms with van der Waals surface area (Å²) in [7, 11) is 0. The number of carbonyl (C=O) groups is 1. The smallest absolute Gasteiger partial charge is 0.270 e. The normalized spacial score (nSPS) is 15.0. The molecule has 1 aliphatic heterocycles. The Hall–Kier alpha value is -2.34. The maximum absolute atomic E-state index is 12.1. The number of rotatable bonds is 4. The van der Waals surface area contributed by atoms with E-state index in [0.717, 1.165) is 18.8 Å². The van der Waals surface area contributed by atoms with E-state index >= 15 is 0 Å². The number of nitrogens with one attached hydrogen (secondary N) is 1. The van der Waals surface area contributed by atoms with Crippen molar-refractivity contribution in [3.05, 3.63) is 48.2 Å². The van der Waals surface area contributed by atoms with Crippen LogP contribution in [0.2, 0.25) is 0 Å². The van der Waals surface area contributed by atoms with Gasteiger partial charge in [0, 0.05) is 25.0 Å². The molecule has 0 aromatic carbocycles. The molecule has 110 valence electrons. The number of pyridine rings is 1. The van der Waals surface area contributed by atoms with Gasteiger partial charge in [0.25, 0.3) is 5.91 Å². The highest BCUT2D eigenvalue weighted by Crippen LogP contribution is 2.16. The summed E-state index contributed by atoms with van der Waals surface area (Å²) in [5.74, 6) is 0.509. The van der Waals surface area contributed by atoms with Gasteiger partial charge in [-0.1, -0.05) is 0 Å². The van der Waals surface area contributed by atoms with Crippen LogP contribution in [0.1, 0.15) is 16.2 Å². The molecule has 0 radical (unpaired) electrons. The summed E-state index contributed by atoms with van der Waals surface area (Å²) >= 11 is 0. The Labute approximate surface area is 122 Å². The van der Waals surface area contributed by atoms with Crippen LogP contribution in [0.3, 0.4) is 0 Å². The minimum absolute atomic E-state index is 0.207. The molecule has 1 aliphatic rings. The van der Waals surface area contributed by atoms with Gasteiger partial charge in [0.2, 0.25) is 0 Å². The number of amides is 1. The van der Waals surface area contributed by atoms with E-state index in [9.17, 15) is 4.79 Å². The summed E-state index contributed by atoms with van der Waals surface area (Å²) in [4.78, 5) is 18.4. The van der Waals surface area contributed by atoms with Crippen LogP contribution in [0.5, 0.6) is 0 Å². The molecule has 6 nitrogen and oxygen atoms in total. The Morgan fingerprint density at radius 3 is 2.95 bits per heavy atom. The van der Waals surface area contributed by atoms with E-state index < -0.39 is 0 Å². The zero-order valence-corrected chi connectivity index (χ0v) is 11.6. The van der Waals surface area contributed by atoms with E-state index in [1.807, 2.05) is 18.2 Å². The van der Waals surface area contributed by atoms with Crippen molar-refractivity contribution in [2.45, 2.75) is 6.54 Å². The number of ether oxygens (including phenoxy) is 1. The minimum atomic E-state index is -0.207. The number of furan rings is 1. The first-order chi connectivity index (χ1) is 10.3. The van der Waals surface area contributed by atoms with Crippen LogP contribution in [-0.2, 0) is 11.3 Å². The largest absolute Gasteiger partial charge is 0.467 e. The molecule has 3 heterocycles. The summed E-state index contributed by atoms with van der Waals surface area (Å²) in [6.45, 7) is 3.44. The van der Waals surface area contributed by atoms with Crippen LogP contribution in [0.25, 0.3) is 0 Å². The lowest BCUT2D eigenvalue weighted by atomic mass is 10.2. The molecular weight excluding hydrogens is 270 g/mol. The lowest BCUT2D eigenvalue weighted by Crippen LogP contribution is -2.36. The molecule has 0 saturated carbocycles. The Morgan fingerprint density at radius 1 is 1.33 bits per heavy atom. The van der Waals surface area contributed by atoms with E-state index in [-0.39, 0.29) is 5.91 Å². The molecule has 1 saturated heterocycles. The van der Waals surface area contributed by atoms with E-state index in [1.54, 1.807) is 18.5 Å². The highest BCUT2D eigenvalue weighted by molar-refractivity contribution is 5.93. The van der Waals surface area contributed by atoms with Gasteiger partial charge in [-0.3, -0.25) is 9.78 Å². The molecule has 0 spiro atoms. The third-order valence-electron chi connectivity index (χ3n) is 3.36. The van der Waals surface area contributed by atoms with Crippen molar-refractivity contribution >= 4 is 11.6 Å². The third-order valence-corrected chi connectivity index (χ3v) is 3.36. The topological polar surface area (TPSA) is 67.6 Å². The maximum Gasteiger partial charge on any atom is 0.270 e. The lowest BCUT2D eigenvalue weighted by Gasteiger charge is -2.28. The molecule has 21 heavy (non-hydrogen) atoms. The predicted octanol–water partition coefficient (Wildman–Crippen LogP) is 1.44. The van der Waals surface area contributed by atoms with Crippen molar-refractivity contribution in [3.63, 3.8) is 0 Å². The molecule has 0 bridgehead atoms. The molecule has 0 aliphatic carbocycles. The van der Waals surface area contributed by atoms with Crippen LogP contribution >= 0.6 is 0 Å². The highest BCUT2D eigenvalue weighted by Gasteiger charge is 2.14. The summed E-state index contributed by atoms with van der Waals surface area (Å²) in [6, 6.07) is 7.33. The fourth-order valence-corrected chi connectivity index (χ4v) is 2.23. The second kappa shape index (κ2) is 6.41. The van der Waals surface area contributed by atoms with Crippen molar-refractivity contribution in [1.82, 2.24) is 10.3 Å². The van der Waals surface area contributed by atoms with Gasteiger partial charge in [0.1, 0.15) is 11.5 Å². The molecule has 1 N–H and O–H groups in total. The van der Waals surface area contributed by atoms with E-state index in [0.29, 0.717) is 31.2 Å². The van der Waals surface area contributed by atoms with Gasteiger partial charge >= 0.3 is 0 Å². The zero-order valence-electron chi connectivity index (χ0n) is 11.6. The Morgan fingerprint density at radius 2 is 2.19 bits per heavy atom. The Balaban J connectivity index is 1.65. The molecule has 1 amide bonds. The molecule has 1 fully saturated rings. The van der Waals surface area contributed by atoms with Crippen molar-refractivity contribution < 1.29 is 13.9 Å². The summed E-state index contributed by atoms with van der Waals surface area (Å²) in [5.41, 5.74) is 1.40. The SMILES string of the molecule is O=C(NCc1ccco1)c1cc(N2CCOCC2)ccn1. The summed E-state index contributed by atoms with van der Waals surface area (Å²) < 4.78 is 10.5. The monoisotopic (exact) mass is 287 g/mol. The number of aromatic nitrogens is 1. The predicted molar refractivity (Wildman–Crippen MR) is 77.1 cm³/mol. The molecule has 6 heteroatoms. The first-order valence-corrected chi connectivity index (χ1v) is 6.92. The van der Waals surface area contributed by atoms with Gasteiger partial charge in [-0.05, 0) is 24.3 Å². The molecule has 0 unspecified atom stereocenters. The number of nitrogens with zero attached hydrogens (tertiary/aromatic N) is 2. The average Bonchev–Trinajstić information content (AvgIpc) is 3.07. The number of hydrogen-bond acceptors (Lipinski definition) is 5. The van der Waals surface area contributed by atoms with Gasteiger partial charge in [0.05, 0.1) is 26.0 Å². The summed E-state index contributed by atoms with van der Waals surface area (Å²) in [5, 5.41) is 2.79. The van der Waals surface area contributed by atoms with Gasteiger partial charge < -0.3 is 19.4 Å². The highest BCUT2D eigenvalue weighted by atomic mass is 16.5. The fraction of sp³-hybridized carbons (Fsp3) is 0.333. The zero-order chi connectivity index (χ0) is 14.5. The van der Waals surface area contributed by atoms with Crippen molar-refractivity contribution in [1.29, 1.82) is 0 Å². The van der Waals surface area contributed by atoms with Gasteiger partial charge in [-0.2, -0.15) is 0 Å². The van der Waals surface area contributed by atoms with Gasteiger partial charge in [-0.25, -0.2) is 0 Å². The second-order valence-corrected chi connectivity index (χ2v) is 4.76. The maximum atomic E-state index is 12.1. The lowest BCUT2D eigenvalue weighted by molar-refractivity contribution is 0.0943. The molecule has 3 rings (SSSR count). The first-order valence-electron chi connectivity index (χ1n) is 6.92. The van der Waals surface area contributed by atoms with Crippen LogP contribution in [0, 0.1) is 0 Å². The Bertz CT molecular complexity index is 592. The number of hydrogen-bond donors (Lipinski definition) is 1. The molecule has 2 aromatic rings. The van der Waals surface area contributed by atoms with Crippen molar-refractivity contribution in [2.24, 2.45) is 0 Å². The molecule has 0 atom stereocenters. The van der Waals surface area contributed by atoms with Gasteiger partial charge in [0.15, 0.2) is 0 Å². The minimum Gasteiger partial charge on any atom is -0.467 e. The number of carbonyl (C=O) groups excluding carboxylic acids is 1.